The fourth-order valence-electron chi connectivity index (χ4n) is 1.74. The number of nitro benzene ring substituents is 1. The number of non-ortho nitro benzene ring substituents is 1. The third-order valence-corrected chi connectivity index (χ3v) is 4.10. The first-order valence-electron chi connectivity index (χ1n) is 5.95. The summed E-state index contributed by atoms with van der Waals surface area (Å²) in [6.45, 7) is 2.30. The van der Waals surface area contributed by atoms with E-state index in [1.807, 2.05) is 19.1 Å². The second-order valence-electron chi connectivity index (χ2n) is 4.34. The average Bonchev–Trinajstić information content (AvgIpc) is 2.84. The topological polar surface area (TPSA) is 98.3 Å². The number of aryl methyl sites for hydroxylation is 1. The summed E-state index contributed by atoms with van der Waals surface area (Å²) in [4.78, 5) is 24.4. The predicted octanol–water partition coefficient (Wildman–Crippen LogP) is 3.13. The lowest BCUT2D eigenvalue weighted by molar-refractivity contribution is -0.384. The van der Waals surface area contributed by atoms with E-state index in [1.54, 1.807) is 11.3 Å². The molecule has 0 saturated heterocycles. The molecule has 1 aromatic heterocycles. The zero-order valence-corrected chi connectivity index (χ0v) is 12.6. The Morgan fingerprint density at radius 3 is 2.76 bits per heavy atom. The monoisotopic (exact) mass is 325 g/mol. The predicted molar refractivity (Wildman–Crippen MR) is 82.7 cm³/mol. The summed E-state index contributed by atoms with van der Waals surface area (Å²) in [7, 11) is 0. The van der Waals surface area contributed by atoms with Crippen molar-refractivity contribution < 1.29 is 9.72 Å². The number of thiophene rings is 1. The molecule has 0 bridgehead atoms. The Balaban J connectivity index is 2.20. The van der Waals surface area contributed by atoms with Crippen LogP contribution in [-0.2, 0) is 6.54 Å². The zero-order chi connectivity index (χ0) is 15.6. The summed E-state index contributed by atoms with van der Waals surface area (Å²) in [5, 5.41) is 13.5. The van der Waals surface area contributed by atoms with Gasteiger partial charge in [-0.15, -0.1) is 11.3 Å². The van der Waals surface area contributed by atoms with E-state index in [4.69, 9.17) is 17.3 Å². The van der Waals surface area contributed by atoms with Crippen LogP contribution >= 0.6 is 22.9 Å². The second kappa shape index (κ2) is 6.11. The van der Waals surface area contributed by atoms with Gasteiger partial charge in [0, 0.05) is 21.9 Å². The molecule has 21 heavy (non-hydrogen) atoms. The van der Waals surface area contributed by atoms with Crippen LogP contribution in [0.2, 0.25) is 5.02 Å². The number of benzene rings is 1. The van der Waals surface area contributed by atoms with Crippen molar-refractivity contribution >= 4 is 40.2 Å². The maximum Gasteiger partial charge on any atom is 0.271 e. The third kappa shape index (κ3) is 3.50. The fraction of sp³-hybridized carbons (Fsp3) is 0.154. The first-order chi connectivity index (χ1) is 9.88. The number of nitrogens with one attached hydrogen (secondary N) is 1. The van der Waals surface area contributed by atoms with Gasteiger partial charge in [-0.3, -0.25) is 14.9 Å². The van der Waals surface area contributed by atoms with Crippen molar-refractivity contribution in [3.8, 4) is 0 Å². The molecule has 0 aliphatic heterocycles. The van der Waals surface area contributed by atoms with E-state index in [9.17, 15) is 14.9 Å². The number of rotatable bonds is 4. The van der Waals surface area contributed by atoms with E-state index in [0.29, 0.717) is 6.54 Å². The Morgan fingerprint density at radius 1 is 1.48 bits per heavy atom. The van der Waals surface area contributed by atoms with E-state index in [0.717, 1.165) is 21.9 Å². The van der Waals surface area contributed by atoms with Crippen LogP contribution in [0.15, 0.2) is 24.3 Å². The van der Waals surface area contributed by atoms with E-state index < -0.39 is 10.8 Å². The highest BCUT2D eigenvalue weighted by Gasteiger charge is 2.18. The number of carbonyl (C=O) groups is 1. The number of amides is 1. The smallest absolute Gasteiger partial charge is 0.271 e. The van der Waals surface area contributed by atoms with Crippen molar-refractivity contribution in [1.29, 1.82) is 0 Å². The molecular formula is C13H12ClN3O3S. The molecule has 0 saturated carbocycles. The minimum atomic E-state index is -0.620. The molecule has 1 amide bonds. The maximum absolute atomic E-state index is 12.1. The molecule has 1 heterocycles. The van der Waals surface area contributed by atoms with E-state index in [2.05, 4.69) is 5.32 Å². The molecule has 3 N–H and O–H groups in total. The summed E-state index contributed by atoms with van der Waals surface area (Å²) in [5.74, 6) is -0.496. The molecule has 110 valence electrons. The molecular weight excluding hydrogens is 314 g/mol. The van der Waals surface area contributed by atoms with Crippen LogP contribution in [0, 0.1) is 17.0 Å². The molecule has 0 atom stereocenters. The first-order valence-corrected chi connectivity index (χ1v) is 7.15. The Kier molecular flexibility index (Phi) is 4.44. The average molecular weight is 326 g/mol. The summed E-state index contributed by atoms with van der Waals surface area (Å²) in [6.07, 6.45) is 0. The van der Waals surface area contributed by atoms with Crippen LogP contribution in [0.3, 0.4) is 0 Å². The van der Waals surface area contributed by atoms with Gasteiger partial charge in [-0.05, 0) is 19.1 Å². The number of carbonyl (C=O) groups excluding carboxylic acids is 1. The largest absolute Gasteiger partial charge is 0.397 e. The van der Waals surface area contributed by atoms with Gasteiger partial charge in [-0.2, -0.15) is 0 Å². The SMILES string of the molecule is Cc1ccc(CNC(=O)c2cc([N+](=O)[O-])cc(Cl)c2N)s1. The molecule has 1 aromatic carbocycles. The Bertz CT molecular complexity index is 715. The standard InChI is InChI=1S/C13H12ClN3O3S/c1-7-2-3-9(21-7)6-16-13(18)10-4-8(17(19)20)5-11(14)12(10)15/h2-5H,6,15H2,1H3,(H,16,18). The van der Waals surface area contributed by atoms with E-state index >= 15 is 0 Å². The third-order valence-electron chi connectivity index (χ3n) is 2.79. The molecule has 6 nitrogen and oxygen atoms in total. The van der Waals surface area contributed by atoms with Crippen molar-refractivity contribution in [1.82, 2.24) is 5.32 Å². The summed E-state index contributed by atoms with van der Waals surface area (Å²) >= 11 is 7.38. The van der Waals surface area contributed by atoms with Gasteiger partial charge < -0.3 is 11.1 Å². The lowest BCUT2D eigenvalue weighted by atomic mass is 10.1. The number of hydrogen-bond acceptors (Lipinski definition) is 5. The minimum Gasteiger partial charge on any atom is -0.397 e. The minimum absolute atomic E-state index is 0.00229. The van der Waals surface area contributed by atoms with Gasteiger partial charge in [0.15, 0.2) is 0 Å². The Labute approximate surface area is 129 Å². The molecule has 0 unspecified atom stereocenters. The summed E-state index contributed by atoms with van der Waals surface area (Å²) in [5.41, 5.74) is 5.47. The van der Waals surface area contributed by atoms with Crippen LogP contribution in [0.25, 0.3) is 0 Å². The van der Waals surface area contributed by atoms with Crippen LogP contribution in [0.4, 0.5) is 11.4 Å². The molecule has 2 rings (SSSR count). The first kappa shape index (κ1) is 15.3. The highest BCUT2D eigenvalue weighted by Crippen LogP contribution is 2.28. The van der Waals surface area contributed by atoms with Crippen LogP contribution in [0.1, 0.15) is 20.1 Å². The second-order valence-corrected chi connectivity index (χ2v) is 6.12. The molecule has 0 fully saturated rings. The van der Waals surface area contributed by atoms with Crippen molar-refractivity contribution in [3.63, 3.8) is 0 Å². The van der Waals surface area contributed by atoms with E-state index in [-0.39, 0.29) is 22.0 Å². The van der Waals surface area contributed by atoms with Crippen molar-refractivity contribution in [2.75, 3.05) is 5.73 Å². The van der Waals surface area contributed by atoms with Gasteiger partial charge in [0.25, 0.3) is 11.6 Å². The summed E-state index contributed by atoms with van der Waals surface area (Å²) in [6, 6.07) is 6.10. The highest BCUT2D eigenvalue weighted by molar-refractivity contribution is 7.11. The number of nitrogens with two attached hydrogens (primary N) is 1. The zero-order valence-electron chi connectivity index (χ0n) is 11.1. The molecule has 8 heteroatoms. The van der Waals surface area contributed by atoms with Gasteiger partial charge in [0.1, 0.15) is 0 Å². The van der Waals surface area contributed by atoms with Gasteiger partial charge in [0.05, 0.1) is 27.7 Å². The Morgan fingerprint density at radius 2 is 2.19 bits per heavy atom. The van der Waals surface area contributed by atoms with Crippen molar-refractivity contribution in [2.45, 2.75) is 13.5 Å². The van der Waals surface area contributed by atoms with E-state index in [1.165, 1.54) is 0 Å². The molecule has 0 spiro atoms. The van der Waals surface area contributed by atoms with Gasteiger partial charge in [0.2, 0.25) is 0 Å². The number of hydrogen-bond donors (Lipinski definition) is 2. The molecule has 2 aromatic rings. The maximum atomic E-state index is 12.1. The van der Waals surface area contributed by atoms with Crippen LogP contribution < -0.4 is 11.1 Å². The molecule has 0 radical (unpaired) electrons. The lowest BCUT2D eigenvalue weighted by Crippen LogP contribution is -2.23. The number of nitrogens with zero attached hydrogens (tertiary/aromatic N) is 1. The van der Waals surface area contributed by atoms with Crippen LogP contribution in [-0.4, -0.2) is 10.8 Å². The molecule has 0 aliphatic rings. The van der Waals surface area contributed by atoms with Gasteiger partial charge >= 0.3 is 0 Å². The number of halogens is 1. The highest BCUT2D eigenvalue weighted by atomic mass is 35.5. The van der Waals surface area contributed by atoms with Gasteiger partial charge in [-0.1, -0.05) is 11.6 Å². The number of nitro groups is 1. The quantitative estimate of drug-likeness (QED) is 0.512. The number of nitrogen functional groups attached to an aromatic ring is 1. The fourth-order valence-corrected chi connectivity index (χ4v) is 2.78. The normalized spacial score (nSPS) is 10.4. The van der Waals surface area contributed by atoms with Crippen molar-refractivity contribution in [2.24, 2.45) is 0 Å². The number of anilines is 1. The van der Waals surface area contributed by atoms with Gasteiger partial charge in [-0.25, -0.2) is 0 Å². The van der Waals surface area contributed by atoms with Crippen LogP contribution in [0.5, 0.6) is 0 Å². The summed E-state index contributed by atoms with van der Waals surface area (Å²) < 4.78 is 0. The Hall–Kier alpha value is -2.12. The lowest BCUT2D eigenvalue weighted by Gasteiger charge is -2.08. The molecule has 0 aliphatic carbocycles. The van der Waals surface area contributed by atoms with Crippen molar-refractivity contribution in [3.05, 3.63) is 54.7 Å².